The van der Waals surface area contributed by atoms with Gasteiger partial charge in [0.25, 0.3) is 0 Å². The van der Waals surface area contributed by atoms with Crippen molar-refractivity contribution in [3.05, 3.63) is 29.6 Å². The zero-order valence-electron chi connectivity index (χ0n) is 11.8. The maximum atomic E-state index is 13.1. The van der Waals surface area contributed by atoms with E-state index in [2.05, 4.69) is 10.3 Å². The lowest BCUT2D eigenvalue weighted by Gasteiger charge is -2.24. The highest BCUT2D eigenvalue weighted by atomic mass is 19.4. The molecule has 0 radical (unpaired) electrons. The highest BCUT2D eigenvalue weighted by Crippen LogP contribution is 2.35. The van der Waals surface area contributed by atoms with Crippen LogP contribution in [-0.4, -0.2) is 28.9 Å². The Bertz CT molecular complexity index is 504. The summed E-state index contributed by atoms with van der Waals surface area (Å²) in [7, 11) is 0. The van der Waals surface area contributed by atoms with Crippen LogP contribution >= 0.6 is 0 Å². The van der Waals surface area contributed by atoms with E-state index >= 15 is 0 Å². The summed E-state index contributed by atoms with van der Waals surface area (Å²) in [5.74, 6) is -0.268. The van der Waals surface area contributed by atoms with Crippen LogP contribution < -0.4 is 5.32 Å². The highest BCUT2D eigenvalue weighted by Gasteiger charge is 2.40. The normalized spacial score (nSPS) is 19.8. The molecular weight excluding hydrogens is 283 g/mol. The third-order valence-electron chi connectivity index (χ3n) is 3.46. The molecule has 1 aromatic heterocycles. The Morgan fingerprint density at radius 1 is 1.43 bits per heavy atom. The van der Waals surface area contributed by atoms with E-state index in [1.165, 1.54) is 12.3 Å². The van der Waals surface area contributed by atoms with Crippen molar-refractivity contribution < 1.29 is 18.0 Å². The molecule has 1 saturated heterocycles. The average molecular weight is 301 g/mol. The number of rotatable bonds is 5. The predicted molar refractivity (Wildman–Crippen MR) is 71.2 cm³/mol. The molecule has 4 nitrogen and oxygen atoms in total. The zero-order valence-corrected chi connectivity index (χ0v) is 11.8. The molecule has 1 amide bonds. The Hall–Kier alpha value is -1.63. The van der Waals surface area contributed by atoms with Gasteiger partial charge in [0.05, 0.1) is 17.8 Å². The van der Waals surface area contributed by atoms with Crippen molar-refractivity contribution in [3.8, 4) is 0 Å². The van der Waals surface area contributed by atoms with Crippen LogP contribution in [0.2, 0.25) is 0 Å². The van der Waals surface area contributed by atoms with Gasteiger partial charge in [0.2, 0.25) is 5.91 Å². The van der Waals surface area contributed by atoms with Crippen LogP contribution in [0.5, 0.6) is 0 Å². The first-order valence-corrected chi connectivity index (χ1v) is 6.99. The van der Waals surface area contributed by atoms with E-state index in [1.807, 2.05) is 6.92 Å². The maximum Gasteiger partial charge on any atom is 0.418 e. The molecule has 1 aliphatic heterocycles. The number of hydrogen-bond donors (Lipinski definition) is 1. The van der Waals surface area contributed by atoms with Gasteiger partial charge in [0, 0.05) is 12.7 Å². The molecule has 2 rings (SSSR count). The summed E-state index contributed by atoms with van der Waals surface area (Å²) in [6, 6.07) is 2.25. The van der Waals surface area contributed by atoms with Crippen molar-refractivity contribution >= 4 is 5.91 Å². The van der Waals surface area contributed by atoms with Crippen molar-refractivity contribution in [3.63, 3.8) is 0 Å². The quantitative estimate of drug-likeness (QED) is 0.851. The number of pyridine rings is 1. The van der Waals surface area contributed by atoms with Crippen molar-refractivity contribution in [2.75, 3.05) is 13.1 Å². The summed E-state index contributed by atoms with van der Waals surface area (Å²) in [5.41, 5.74) is -0.926. The van der Waals surface area contributed by atoms with E-state index in [0.717, 1.165) is 25.3 Å². The number of alkyl halides is 3. The van der Waals surface area contributed by atoms with Crippen LogP contribution in [-0.2, 0) is 11.0 Å². The lowest BCUT2D eigenvalue weighted by molar-refractivity contribution is -0.139. The first-order valence-electron chi connectivity index (χ1n) is 6.99. The van der Waals surface area contributed by atoms with E-state index < -0.39 is 17.9 Å². The molecule has 1 aliphatic rings. The molecule has 0 saturated carbocycles. The second kappa shape index (κ2) is 6.43. The smallest absolute Gasteiger partial charge is 0.334 e. The third-order valence-corrected chi connectivity index (χ3v) is 3.46. The number of amides is 1. The summed E-state index contributed by atoms with van der Waals surface area (Å²) in [4.78, 5) is 17.2. The van der Waals surface area contributed by atoms with Gasteiger partial charge in [0.15, 0.2) is 0 Å². The highest BCUT2D eigenvalue weighted by molar-refractivity contribution is 5.80. The first kappa shape index (κ1) is 15.8. The molecule has 116 valence electrons. The van der Waals surface area contributed by atoms with Crippen LogP contribution in [0.25, 0.3) is 0 Å². The second-order valence-electron chi connectivity index (χ2n) is 5.08. The van der Waals surface area contributed by atoms with Gasteiger partial charge in [-0.25, -0.2) is 0 Å². The van der Waals surface area contributed by atoms with Crippen LogP contribution in [0.3, 0.4) is 0 Å². The minimum atomic E-state index is -4.48. The Morgan fingerprint density at radius 2 is 2.19 bits per heavy atom. The minimum absolute atomic E-state index is 0.113. The molecule has 1 atom stereocenters. The summed E-state index contributed by atoms with van der Waals surface area (Å²) >= 11 is 0. The molecule has 1 aromatic rings. The van der Waals surface area contributed by atoms with Gasteiger partial charge >= 0.3 is 6.18 Å². The van der Waals surface area contributed by atoms with Crippen LogP contribution in [0, 0.1) is 0 Å². The largest absolute Gasteiger partial charge is 0.418 e. The van der Waals surface area contributed by atoms with Crippen molar-refractivity contribution in [1.82, 2.24) is 15.2 Å². The number of hydrogen-bond acceptors (Lipinski definition) is 3. The van der Waals surface area contributed by atoms with Crippen LogP contribution in [0.15, 0.2) is 18.3 Å². The standard InChI is InChI=1S/C14H18F3N3O/c1-2-3-4-8-20-9-11(21)19-13(20)12-10(14(15,16)17)6-5-7-18-12/h5-7,13H,2-4,8-9H2,1H3,(H,19,21)/t13-/m1/s1. The lowest BCUT2D eigenvalue weighted by Crippen LogP contribution is -2.31. The summed E-state index contributed by atoms with van der Waals surface area (Å²) < 4.78 is 39.2. The fraction of sp³-hybridized carbons (Fsp3) is 0.571. The molecule has 1 N–H and O–H groups in total. The van der Waals surface area contributed by atoms with E-state index in [-0.39, 0.29) is 18.1 Å². The number of nitrogens with one attached hydrogen (secondary N) is 1. The maximum absolute atomic E-state index is 13.1. The molecular formula is C14H18F3N3O. The SMILES string of the molecule is CCCCCN1CC(=O)N[C@H]1c1ncccc1C(F)(F)F. The van der Waals surface area contributed by atoms with Gasteiger partial charge in [-0.15, -0.1) is 0 Å². The van der Waals surface area contributed by atoms with Crippen molar-refractivity contribution in [1.29, 1.82) is 0 Å². The minimum Gasteiger partial charge on any atom is -0.334 e. The van der Waals surface area contributed by atoms with E-state index in [9.17, 15) is 18.0 Å². The molecule has 0 aromatic carbocycles. The molecule has 7 heteroatoms. The summed E-state index contributed by atoms with van der Waals surface area (Å²) in [6.07, 6.45) is -1.13. The molecule has 21 heavy (non-hydrogen) atoms. The molecule has 0 bridgehead atoms. The number of halogens is 3. The zero-order chi connectivity index (χ0) is 15.5. The van der Waals surface area contributed by atoms with Gasteiger partial charge in [0.1, 0.15) is 6.17 Å². The number of nitrogens with zero attached hydrogens (tertiary/aromatic N) is 2. The van der Waals surface area contributed by atoms with E-state index in [4.69, 9.17) is 0 Å². The Balaban J connectivity index is 2.24. The van der Waals surface area contributed by atoms with Gasteiger partial charge in [-0.2, -0.15) is 13.2 Å². The fourth-order valence-corrected chi connectivity index (χ4v) is 2.45. The number of carbonyl (C=O) groups excluding carboxylic acids is 1. The van der Waals surface area contributed by atoms with Crippen LogP contribution in [0.1, 0.15) is 43.6 Å². The van der Waals surface area contributed by atoms with E-state index in [1.54, 1.807) is 4.90 Å². The molecule has 0 aliphatic carbocycles. The van der Waals surface area contributed by atoms with Gasteiger partial charge in [-0.05, 0) is 18.6 Å². The first-order chi connectivity index (χ1) is 9.93. The molecule has 0 spiro atoms. The topological polar surface area (TPSA) is 45.2 Å². The van der Waals surface area contributed by atoms with Crippen molar-refractivity contribution in [2.45, 2.75) is 38.5 Å². The van der Waals surface area contributed by atoms with Crippen LogP contribution in [0.4, 0.5) is 13.2 Å². The molecule has 2 heterocycles. The number of unbranched alkanes of at least 4 members (excludes halogenated alkanes) is 2. The Labute approximate surface area is 121 Å². The number of carbonyl (C=O) groups is 1. The van der Waals surface area contributed by atoms with Crippen molar-refractivity contribution in [2.24, 2.45) is 0 Å². The van der Waals surface area contributed by atoms with E-state index in [0.29, 0.717) is 6.54 Å². The molecule has 1 fully saturated rings. The Morgan fingerprint density at radius 3 is 2.86 bits per heavy atom. The van der Waals surface area contributed by atoms with Gasteiger partial charge < -0.3 is 5.32 Å². The predicted octanol–water partition coefficient (Wildman–Crippen LogP) is 2.72. The second-order valence-corrected chi connectivity index (χ2v) is 5.08. The third kappa shape index (κ3) is 3.72. The average Bonchev–Trinajstić information content (AvgIpc) is 2.79. The summed E-state index contributed by atoms with van der Waals surface area (Å²) in [6.45, 7) is 2.73. The monoisotopic (exact) mass is 301 g/mol. The lowest BCUT2D eigenvalue weighted by atomic mass is 10.1. The fourth-order valence-electron chi connectivity index (χ4n) is 2.45. The van der Waals surface area contributed by atoms with Gasteiger partial charge in [-0.1, -0.05) is 19.8 Å². The molecule has 0 unspecified atom stereocenters. The van der Waals surface area contributed by atoms with Gasteiger partial charge in [-0.3, -0.25) is 14.7 Å². The summed E-state index contributed by atoms with van der Waals surface area (Å²) in [5, 5.41) is 2.58. The Kier molecular flexibility index (Phi) is 4.82. The number of aromatic nitrogens is 1.